The predicted molar refractivity (Wildman–Crippen MR) is 330 cm³/mol. The first-order chi connectivity index (χ1) is 29.6. The number of hydrogen-bond donors (Lipinski definition) is 0. The molecule has 428 valence electrons. The van der Waals surface area contributed by atoms with Crippen molar-refractivity contribution in [1.29, 1.82) is 0 Å². The van der Waals surface area contributed by atoms with Gasteiger partial charge >= 0.3 is 0 Å². The molecule has 0 heterocycles. The second-order valence-corrected chi connectivity index (χ2v) is 28.8. The highest BCUT2D eigenvalue weighted by molar-refractivity contribution is 5.06. The Bertz CT molecular complexity index is 1180. The molecule has 8 unspecified atom stereocenters. The normalized spacial score (nSPS) is 30.3. The van der Waals surface area contributed by atoms with E-state index < -0.39 is 0 Å². The van der Waals surface area contributed by atoms with Crippen molar-refractivity contribution < 1.29 is 0 Å². The summed E-state index contributed by atoms with van der Waals surface area (Å²) in [5, 5.41) is 0. The van der Waals surface area contributed by atoms with Crippen LogP contribution >= 0.6 is 0 Å². The van der Waals surface area contributed by atoms with Gasteiger partial charge in [-0.25, -0.2) is 0 Å². The van der Waals surface area contributed by atoms with E-state index in [0.29, 0.717) is 0 Å². The molecule has 0 aromatic heterocycles. The minimum absolute atomic E-state index is 0. The largest absolute Gasteiger partial charge is 0.0776 e. The minimum atomic E-state index is 0. The lowest BCUT2D eigenvalue weighted by Crippen LogP contribution is -2.39. The molecular formula is C70H148. The molecule has 8 aliphatic rings. The van der Waals surface area contributed by atoms with Crippen LogP contribution in [0.2, 0.25) is 0 Å². The zero-order valence-electron chi connectivity index (χ0n) is 48.8. The van der Waals surface area contributed by atoms with E-state index in [-0.39, 0.29) is 44.6 Å². The number of fused-ring (bicyclic) bond motifs is 4. The molecule has 8 aliphatic carbocycles. The molecular weight excluding hydrogens is 841 g/mol. The molecule has 0 aromatic carbocycles. The summed E-state index contributed by atoms with van der Waals surface area (Å²) >= 11 is 0. The van der Waals surface area contributed by atoms with E-state index >= 15 is 0 Å². The summed E-state index contributed by atoms with van der Waals surface area (Å²) < 4.78 is 0. The maximum Gasteiger partial charge on any atom is -0.0195 e. The molecule has 0 radical (unpaired) electrons. The topological polar surface area (TPSA) is 0 Å². The van der Waals surface area contributed by atoms with Gasteiger partial charge in [0.15, 0.2) is 0 Å². The van der Waals surface area contributed by atoms with Gasteiger partial charge < -0.3 is 0 Å². The van der Waals surface area contributed by atoms with E-state index in [2.05, 4.69) is 166 Å². The lowest BCUT2D eigenvalue weighted by atomic mass is 9.56. The van der Waals surface area contributed by atoms with Crippen LogP contribution in [0.5, 0.6) is 0 Å². The lowest BCUT2D eigenvalue weighted by Gasteiger charge is -2.49. The molecule has 0 heteroatoms. The summed E-state index contributed by atoms with van der Waals surface area (Å²) in [5.74, 6) is 21.6. The highest BCUT2D eigenvalue weighted by atomic mass is 14.6. The predicted octanol–water partition coefficient (Wildman–Crippen LogP) is 24.7. The molecule has 8 fully saturated rings. The highest BCUT2D eigenvalue weighted by Crippen LogP contribution is 2.65. The second kappa shape index (κ2) is 32.6. The Labute approximate surface area is 451 Å². The van der Waals surface area contributed by atoms with Crippen LogP contribution in [0, 0.1) is 146 Å². The Hall–Kier alpha value is 0. The fraction of sp³-hybridized carbons (Fsp3) is 1.00. The standard InChI is InChI=1S/2C13H24.2C10H20.2C9H18.6CH4/c1-8(2)12-6-11-5-10(12)7-13(11)9(3)4;1-9(2)13(10(3)4)11-5-6-12(13)8-7-11;1-8(2)10(9(3)4)6-5-7-10;1-7(2)9-5-6-10(9)8(3)4;1-7(2)9(5-6-9)8(3)4;1-6(2)8-5-9(8)7(3)4;;;;;;/h8-13H,5-7H2,1-4H3;9-12H,5-8H2,1-4H3;8-9H,5-7H2,1-4H3;7-10H,5-6H2,1-4H3;7-8H,5-6H2,1-4H3;6-9H,5H2,1-4H3;6*1H4. The van der Waals surface area contributed by atoms with Crippen molar-refractivity contribution in [3.63, 3.8) is 0 Å². The van der Waals surface area contributed by atoms with Crippen LogP contribution in [0.1, 0.15) is 307 Å². The van der Waals surface area contributed by atoms with Crippen molar-refractivity contribution in [2.75, 3.05) is 0 Å². The quantitative estimate of drug-likeness (QED) is 0.183. The average molecular weight is 990 g/mol. The molecule has 8 rings (SSSR count). The maximum atomic E-state index is 2.46. The van der Waals surface area contributed by atoms with Crippen molar-refractivity contribution >= 4 is 0 Å². The van der Waals surface area contributed by atoms with Gasteiger partial charge in [-0.2, -0.15) is 0 Å². The first-order valence-electron chi connectivity index (χ1n) is 29.6. The maximum absolute atomic E-state index is 2.46. The molecule has 0 N–H and O–H groups in total. The Morgan fingerprint density at radius 3 is 0.614 bits per heavy atom. The monoisotopic (exact) mass is 989 g/mol. The average Bonchev–Trinajstić information content (AvgIpc) is 3.97. The van der Waals surface area contributed by atoms with Gasteiger partial charge in [0.2, 0.25) is 0 Å². The van der Waals surface area contributed by atoms with Gasteiger partial charge in [-0.1, -0.05) is 217 Å². The van der Waals surface area contributed by atoms with Gasteiger partial charge in [-0.3, -0.25) is 0 Å². The molecule has 0 saturated heterocycles. The summed E-state index contributed by atoms with van der Waals surface area (Å²) in [4.78, 5) is 0. The van der Waals surface area contributed by atoms with Crippen molar-refractivity contribution in [2.24, 2.45) is 146 Å². The van der Waals surface area contributed by atoms with Crippen molar-refractivity contribution in [1.82, 2.24) is 0 Å². The molecule has 0 nitrogen and oxygen atoms in total. The van der Waals surface area contributed by atoms with Gasteiger partial charge in [-0.15, -0.1) is 0 Å². The summed E-state index contributed by atoms with van der Waals surface area (Å²) in [5.41, 5.74) is 2.19. The Morgan fingerprint density at radius 2 is 0.514 bits per heavy atom. The zero-order valence-corrected chi connectivity index (χ0v) is 48.8. The van der Waals surface area contributed by atoms with Crippen LogP contribution in [0.4, 0.5) is 0 Å². The summed E-state index contributed by atoms with van der Waals surface area (Å²) in [6, 6.07) is 0. The van der Waals surface area contributed by atoms with E-state index in [0.717, 1.165) is 146 Å². The van der Waals surface area contributed by atoms with Crippen LogP contribution in [0.3, 0.4) is 0 Å². The van der Waals surface area contributed by atoms with Gasteiger partial charge in [0, 0.05) is 0 Å². The summed E-state index contributed by atoms with van der Waals surface area (Å²) in [6.07, 6.45) is 22.6. The van der Waals surface area contributed by atoms with Crippen molar-refractivity contribution in [3.8, 4) is 0 Å². The third-order valence-electron chi connectivity index (χ3n) is 22.2. The Kier molecular flexibility index (Phi) is 35.6. The molecule has 0 aliphatic heterocycles. The van der Waals surface area contributed by atoms with Crippen LogP contribution in [-0.4, -0.2) is 0 Å². The smallest absolute Gasteiger partial charge is 0.0195 e. The molecule has 8 atom stereocenters. The SMILES string of the molecule is C.C.C.C.C.C.CC(C)C1(C(C)C)C2CCC1CC2.CC(C)C1(C(C)C)CC1.CC(C)C1(C(C)C)CCC1.CC(C)C1CC1C(C)C.CC(C)C1CC2CC1CC2C(C)C.CC(C)C1CCC1C(C)C. The van der Waals surface area contributed by atoms with Crippen molar-refractivity contribution in [3.05, 3.63) is 0 Å². The van der Waals surface area contributed by atoms with E-state index in [1.165, 1.54) is 77.0 Å². The third-order valence-corrected chi connectivity index (χ3v) is 22.2. The van der Waals surface area contributed by atoms with Gasteiger partial charge in [0.25, 0.3) is 0 Å². The molecule has 0 amide bonds. The summed E-state index contributed by atoms with van der Waals surface area (Å²) in [7, 11) is 0. The van der Waals surface area contributed by atoms with Crippen molar-refractivity contribution in [2.45, 2.75) is 307 Å². The van der Waals surface area contributed by atoms with E-state index in [9.17, 15) is 0 Å². The molecule has 4 bridgehead atoms. The zero-order chi connectivity index (χ0) is 48.8. The van der Waals surface area contributed by atoms with E-state index in [1.54, 1.807) is 19.3 Å². The second-order valence-electron chi connectivity index (χ2n) is 28.8. The number of hydrogen-bond acceptors (Lipinski definition) is 0. The van der Waals surface area contributed by atoms with Gasteiger partial charge in [0.05, 0.1) is 0 Å². The summed E-state index contributed by atoms with van der Waals surface area (Å²) in [6.45, 7) is 57.2. The molecule has 0 aromatic rings. The van der Waals surface area contributed by atoms with Crippen LogP contribution in [0.25, 0.3) is 0 Å². The Balaban J connectivity index is -0.000000369. The lowest BCUT2D eigenvalue weighted by molar-refractivity contribution is 0.0135. The fourth-order valence-electron chi connectivity index (χ4n) is 17.3. The first kappa shape index (κ1) is 76.5. The van der Waals surface area contributed by atoms with Crippen LogP contribution < -0.4 is 0 Å². The fourth-order valence-corrected chi connectivity index (χ4v) is 17.3. The number of rotatable bonds is 12. The molecule has 8 saturated carbocycles. The highest BCUT2D eigenvalue weighted by Gasteiger charge is 2.57. The Morgan fingerprint density at radius 1 is 0.257 bits per heavy atom. The van der Waals surface area contributed by atoms with Crippen LogP contribution in [-0.2, 0) is 0 Å². The molecule has 0 spiro atoms. The van der Waals surface area contributed by atoms with Crippen LogP contribution in [0.15, 0.2) is 0 Å². The first-order valence-corrected chi connectivity index (χ1v) is 29.6. The minimum Gasteiger partial charge on any atom is -0.0776 e. The van der Waals surface area contributed by atoms with Gasteiger partial charge in [-0.05, 0) is 236 Å². The van der Waals surface area contributed by atoms with E-state index in [1.807, 2.05) is 0 Å². The third kappa shape index (κ3) is 18.1. The van der Waals surface area contributed by atoms with Gasteiger partial charge in [0.1, 0.15) is 0 Å². The van der Waals surface area contributed by atoms with E-state index in [4.69, 9.17) is 0 Å². The molecule has 70 heavy (non-hydrogen) atoms.